The van der Waals surface area contributed by atoms with Crippen LogP contribution in [0.25, 0.3) is 0 Å². The molecule has 1 saturated heterocycles. The SMILES string of the molecule is COC[C@H]1OC(=O)C[C@H]1OC. The average Bonchev–Trinajstić information content (AvgIpc) is 2.32. The van der Waals surface area contributed by atoms with Gasteiger partial charge in [-0.1, -0.05) is 0 Å². The number of hydrogen-bond acceptors (Lipinski definition) is 4. The van der Waals surface area contributed by atoms with Crippen molar-refractivity contribution in [2.75, 3.05) is 20.8 Å². The van der Waals surface area contributed by atoms with E-state index < -0.39 is 0 Å². The summed E-state index contributed by atoms with van der Waals surface area (Å²) >= 11 is 0. The molecule has 1 fully saturated rings. The zero-order valence-electron chi connectivity index (χ0n) is 6.70. The Labute approximate surface area is 65.4 Å². The van der Waals surface area contributed by atoms with Crippen LogP contribution in [-0.2, 0) is 19.0 Å². The zero-order valence-corrected chi connectivity index (χ0v) is 6.70. The van der Waals surface area contributed by atoms with Crippen molar-refractivity contribution in [3.8, 4) is 0 Å². The molecule has 2 atom stereocenters. The molecule has 0 aromatic heterocycles. The van der Waals surface area contributed by atoms with Crippen molar-refractivity contribution in [2.24, 2.45) is 0 Å². The van der Waals surface area contributed by atoms with E-state index >= 15 is 0 Å². The molecule has 0 aromatic rings. The summed E-state index contributed by atoms with van der Waals surface area (Å²) in [5.41, 5.74) is 0. The van der Waals surface area contributed by atoms with E-state index in [1.807, 2.05) is 0 Å². The standard InChI is InChI=1S/C7H12O4/c1-9-4-6-5(10-2)3-7(8)11-6/h5-6H,3-4H2,1-2H3/t5-,6-/m1/s1. The highest BCUT2D eigenvalue weighted by Gasteiger charge is 2.34. The van der Waals surface area contributed by atoms with E-state index in [0.29, 0.717) is 13.0 Å². The minimum atomic E-state index is -0.225. The smallest absolute Gasteiger partial charge is 0.309 e. The molecule has 1 aliphatic rings. The van der Waals surface area contributed by atoms with Crippen LogP contribution in [0, 0.1) is 0 Å². The number of carbonyl (C=O) groups is 1. The molecule has 0 unspecified atom stereocenters. The van der Waals surface area contributed by atoms with Crippen molar-refractivity contribution >= 4 is 5.97 Å². The number of methoxy groups -OCH3 is 2. The van der Waals surface area contributed by atoms with Gasteiger partial charge in [-0.15, -0.1) is 0 Å². The fraction of sp³-hybridized carbons (Fsp3) is 0.857. The maximum absolute atomic E-state index is 10.7. The van der Waals surface area contributed by atoms with Gasteiger partial charge in [-0.05, 0) is 0 Å². The Hall–Kier alpha value is -0.610. The summed E-state index contributed by atoms with van der Waals surface area (Å²) in [7, 11) is 3.13. The molecule has 64 valence electrons. The lowest BCUT2D eigenvalue weighted by Crippen LogP contribution is -2.27. The van der Waals surface area contributed by atoms with E-state index in [1.165, 1.54) is 0 Å². The first-order valence-corrected chi connectivity index (χ1v) is 3.49. The van der Waals surface area contributed by atoms with Crippen LogP contribution in [-0.4, -0.2) is 39.0 Å². The zero-order chi connectivity index (χ0) is 8.27. The Morgan fingerprint density at radius 3 is 2.91 bits per heavy atom. The lowest BCUT2D eigenvalue weighted by atomic mass is 10.2. The highest BCUT2D eigenvalue weighted by atomic mass is 16.6. The van der Waals surface area contributed by atoms with Gasteiger partial charge in [0.1, 0.15) is 6.10 Å². The molecule has 0 aliphatic carbocycles. The molecule has 1 heterocycles. The first-order valence-electron chi connectivity index (χ1n) is 3.49. The van der Waals surface area contributed by atoms with E-state index in [9.17, 15) is 4.79 Å². The van der Waals surface area contributed by atoms with Gasteiger partial charge in [-0.25, -0.2) is 0 Å². The van der Waals surface area contributed by atoms with Gasteiger partial charge in [0, 0.05) is 14.2 Å². The van der Waals surface area contributed by atoms with Crippen molar-refractivity contribution in [1.29, 1.82) is 0 Å². The second-order valence-electron chi connectivity index (χ2n) is 2.46. The minimum absolute atomic E-state index is 0.137. The molecular formula is C7H12O4. The van der Waals surface area contributed by atoms with Crippen LogP contribution >= 0.6 is 0 Å². The summed E-state index contributed by atoms with van der Waals surface area (Å²) in [6, 6.07) is 0. The molecule has 0 radical (unpaired) electrons. The number of rotatable bonds is 3. The molecule has 4 heteroatoms. The highest BCUT2D eigenvalue weighted by molar-refractivity contribution is 5.72. The predicted octanol–water partition coefficient (Wildman–Crippen LogP) is -0.0367. The van der Waals surface area contributed by atoms with Crippen LogP contribution < -0.4 is 0 Å². The van der Waals surface area contributed by atoms with Gasteiger partial charge in [0.25, 0.3) is 0 Å². The molecule has 0 amide bonds. The Morgan fingerprint density at radius 2 is 2.36 bits per heavy atom. The largest absolute Gasteiger partial charge is 0.457 e. The molecule has 1 rings (SSSR count). The van der Waals surface area contributed by atoms with Gasteiger partial charge in [0.05, 0.1) is 13.0 Å². The van der Waals surface area contributed by atoms with E-state index in [0.717, 1.165) is 0 Å². The highest BCUT2D eigenvalue weighted by Crippen LogP contribution is 2.17. The summed E-state index contributed by atoms with van der Waals surface area (Å²) in [4.78, 5) is 10.7. The van der Waals surface area contributed by atoms with Crippen LogP contribution in [0.3, 0.4) is 0 Å². The number of cyclic esters (lactones) is 1. The average molecular weight is 160 g/mol. The minimum Gasteiger partial charge on any atom is -0.457 e. The normalized spacial score (nSPS) is 30.5. The Balaban J connectivity index is 2.43. The van der Waals surface area contributed by atoms with Crippen LogP contribution in [0.2, 0.25) is 0 Å². The van der Waals surface area contributed by atoms with Gasteiger partial charge < -0.3 is 14.2 Å². The van der Waals surface area contributed by atoms with Crippen LogP contribution in [0.4, 0.5) is 0 Å². The molecule has 1 aliphatic heterocycles. The summed E-state index contributed by atoms with van der Waals surface area (Å²) in [6.07, 6.45) is -0.0233. The fourth-order valence-corrected chi connectivity index (χ4v) is 1.13. The lowest BCUT2D eigenvalue weighted by Gasteiger charge is -2.14. The second kappa shape index (κ2) is 3.69. The fourth-order valence-electron chi connectivity index (χ4n) is 1.13. The topological polar surface area (TPSA) is 44.8 Å². The Bertz CT molecular complexity index is 145. The summed E-state index contributed by atoms with van der Waals surface area (Å²) < 4.78 is 14.8. The van der Waals surface area contributed by atoms with E-state index in [-0.39, 0.29) is 18.2 Å². The summed E-state index contributed by atoms with van der Waals surface area (Å²) in [5, 5.41) is 0. The molecule has 11 heavy (non-hydrogen) atoms. The third kappa shape index (κ3) is 1.91. The number of hydrogen-bond donors (Lipinski definition) is 0. The van der Waals surface area contributed by atoms with Crippen LogP contribution in [0.5, 0.6) is 0 Å². The third-order valence-corrected chi connectivity index (χ3v) is 1.70. The molecule has 0 aromatic carbocycles. The van der Waals surface area contributed by atoms with Crippen molar-refractivity contribution < 1.29 is 19.0 Å². The third-order valence-electron chi connectivity index (χ3n) is 1.70. The van der Waals surface area contributed by atoms with Gasteiger partial charge in [-0.2, -0.15) is 0 Å². The van der Waals surface area contributed by atoms with E-state index in [4.69, 9.17) is 14.2 Å². The van der Waals surface area contributed by atoms with Crippen molar-refractivity contribution in [1.82, 2.24) is 0 Å². The van der Waals surface area contributed by atoms with E-state index in [1.54, 1.807) is 14.2 Å². The molecule has 4 nitrogen and oxygen atoms in total. The van der Waals surface area contributed by atoms with Crippen LogP contribution in [0.15, 0.2) is 0 Å². The monoisotopic (exact) mass is 160 g/mol. The molecule has 0 bridgehead atoms. The second-order valence-corrected chi connectivity index (χ2v) is 2.46. The number of ether oxygens (including phenoxy) is 3. The molecule has 0 saturated carbocycles. The first-order chi connectivity index (χ1) is 5.27. The van der Waals surface area contributed by atoms with Crippen LogP contribution in [0.1, 0.15) is 6.42 Å². The Kier molecular flexibility index (Phi) is 2.84. The van der Waals surface area contributed by atoms with Crippen molar-refractivity contribution in [2.45, 2.75) is 18.6 Å². The van der Waals surface area contributed by atoms with Gasteiger partial charge in [0.2, 0.25) is 0 Å². The number of esters is 1. The van der Waals surface area contributed by atoms with Crippen molar-refractivity contribution in [3.05, 3.63) is 0 Å². The molecule has 0 spiro atoms. The predicted molar refractivity (Wildman–Crippen MR) is 37.2 cm³/mol. The maximum atomic E-state index is 10.7. The summed E-state index contributed by atoms with van der Waals surface area (Å²) in [6.45, 7) is 0.407. The summed E-state index contributed by atoms with van der Waals surface area (Å²) in [5.74, 6) is -0.209. The van der Waals surface area contributed by atoms with Crippen molar-refractivity contribution in [3.63, 3.8) is 0 Å². The van der Waals surface area contributed by atoms with E-state index in [2.05, 4.69) is 0 Å². The maximum Gasteiger partial charge on any atom is 0.309 e. The van der Waals surface area contributed by atoms with Gasteiger partial charge in [-0.3, -0.25) is 4.79 Å². The molecule has 0 N–H and O–H groups in total. The molecular weight excluding hydrogens is 148 g/mol. The lowest BCUT2D eigenvalue weighted by molar-refractivity contribution is -0.143. The number of carbonyl (C=O) groups excluding carboxylic acids is 1. The quantitative estimate of drug-likeness (QED) is 0.543. The first kappa shape index (κ1) is 8.49. The Morgan fingerprint density at radius 1 is 1.64 bits per heavy atom. The van der Waals surface area contributed by atoms with Gasteiger partial charge in [0.15, 0.2) is 6.10 Å². The van der Waals surface area contributed by atoms with Gasteiger partial charge >= 0.3 is 5.97 Å².